The second kappa shape index (κ2) is 9.10. The molecule has 0 spiro atoms. The third-order valence-electron chi connectivity index (χ3n) is 3.66. The van der Waals surface area contributed by atoms with Crippen molar-refractivity contribution in [2.75, 3.05) is 11.3 Å². The molecule has 154 valence electrons. The molecular weight excluding hydrogens is 428 g/mol. The van der Waals surface area contributed by atoms with Crippen LogP contribution in [0.25, 0.3) is 0 Å². The number of benzene rings is 2. The van der Waals surface area contributed by atoms with Gasteiger partial charge in [-0.1, -0.05) is 17.7 Å². The topological polar surface area (TPSA) is 82.5 Å². The van der Waals surface area contributed by atoms with E-state index in [1.165, 1.54) is 6.07 Å². The van der Waals surface area contributed by atoms with Gasteiger partial charge in [0.25, 0.3) is 10.0 Å². The van der Waals surface area contributed by atoms with Gasteiger partial charge in [0.05, 0.1) is 22.2 Å². The zero-order valence-electron chi connectivity index (χ0n) is 14.8. The highest BCUT2D eigenvalue weighted by Crippen LogP contribution is 2.29. The molecule has 0 fully saturated rings. The number of nitrogens with zero attached hydrogens (tertiary/aromatic N) is 2. The van der Waals surface area contributed by atoms with E-state index < -0.39 is 16.6 Å². The zero-order chi connectivity index (χ0) is 20.9. The van der Waals surface area contributed by atoms with Crippen LogP contribution < -0.4 is 14.2 Å². The van der Waals surface area contributed by atoms with Crippen molar-refractivity contribution in [1.82, 2.24) is 9.78 Å². The van der Waals surface area contributed by atoms with Gasteiger partial charge >= 0.3 is 6.61 Å². The van der Waals surface area contributed by atoms with Crippen LogP contribution in [0.15, 0.2) is 65.8 Å². The quantitative estimate of drug-likeness (QED) is 0.540. The molecule has 1 heterocycles. The summed E-state index contributed by atoms with van der Waals surface area (Å²) in [7, 11) is -4.00. The van der Waals surface area contributed by atoms with Crippen LogP contribution in [0.1, 0.15) is 0 Å². The normalized spacial score (nSPS) is 11.4. The van der Waals surface area contributed by atoms with Gasteiger partial charge < -0.3 is 9.47 Å². The number of hydrogen-bond acceptors (Lipinski definition) is 5. The molecule has 2 aromatic carbocycles. The summed E-state index contributed by atoms with van der Waals surface area (Å²) >= 11 is 5.83. The average molecular weight is 444 g/mol. The first-order valence-corrected chi connectivity index (χ1v) is 10.2. The number of rotatable bonds is 9. The van der Waals surface area contributed by atoms with Gasteiger partial charge in [0.15, 0.2) is 0 Å². The third kappa shape index (κ3) is 5.81. The summed E-state index contributed by atoms with van der Waals surface area (Å²) in [6.07, 6.45) is 3.46. The molecule has 0 saturated carbocycles. The molecule has 0 unspecified atom stereocenters. The van der Waals surface area contributed by atoms with Crippen LogP contribution >= 0.6 is 11.6 Å². The first kappa shape index (κ1) is 20.9. The Morgan fingerprint density at radius 1 is 1.17 bits per heavy atom. The molecule has 0 amide bonds. The average Bonchev–Trinajstić information content (AvgIpc) is 3.16. The molecule has 0 bridgehead atoms. The summed E-state index contributed by atoms with van der Waals surface area (Å²) in [5.41, 5.74) is 0.269. The van der Waals surface area contributed by atoms with Crippen LogP contribution in [0.3, 0.4) is 0 Å². The summed E-state index contributed by atoms with van der Waals surface area (Å²) in [4.78, 5) is -0.200. The number of anilines is 1. The highest BCUT2D eigenvalue weighted by molar-refractivity contribution is 7.92. The summed E-state index contributed by atoms with van der Waals surface area (Å²) in [5, 5.41) is 3.81. The molecule has 0 aliphatic carbocycles. The second-order valence-corrected chi connectivity index (χ2v) is 7.81. The Bertz CT molecular complexity index is 1060. The molecule has 0 aliphatic rings. The SMILES string of the molecule is O=S(=O)(Nc1cccc(OCCn2cccn2)c1)c1ccc(OC(F)F)c(Cl)c1. The van der Waals surface area contributed by atoms with Crippen molar-refractivity contribution < 1.29 is 26.7 Å². The largest absolute Gasteiger partial charge is 0.492 e. The molecule has 11 heteroatoms. The Labute approximate surface area is 170 Å². The van der Waals surface area contributed by atoms with Crippen LogP contribution in [-0.2, 0) is 16.6 Å². The molecule has 0 radical (unpaired) electrons. The number of sulfonamides is 1. The fourth-order valence-corrected chi connectivity index (χ4v) is 3.76. The van der Waals surface area contributed by atoms with E-state index in [4.69, 9.17) is 16.3 Å². The Kier molecular flexibility index (Phi) is 6.55. The van der Waals surface area contributed by atoms with E-state index in [2.05, 4.69) is 14.6 Å². The number of alkyl halides is 2. The van der Waals surface area contributed by atoms with Gasteiger partial charge in [-0.05, 0) is 36.4 Å². The number of hydrogen-bond donors (Lipinski definition) is 1. The predicted molar refractivity (Wildman–Crippen MR) is 103 cm³/mol. The van der Waals surface area contributed by atoms with Gasteiger partial charge in [-0.25, -0.2) is 8.42 Å². The molecule has 7 nitrogen and oxygen atoms in total. The molecule has 3 rings (SSSR count). The molecule has 3 aromatic rings. The Morgan fingerprint density at radius 2 is 2.00 bits per heavy atom. The van der Waals surface area contributed by atoms with Crippen molar-refractivity contribution in [3.8, 4) is 11.5 Å². The van der Waals surface area contributed by atoms with Gasteiger partial charge in [-0.2, -0.15) is 13.9 Å². The first-order valence-electron chi connectivity index (χ1n) is 8.31. The Balaban J connectivity index is 1.67. The summed E-state index contributed by atoms with van der Waals surface area (Å²) in [5.74, 6) is 0.157. The van der Waals surface area contributed by atoms with Gasteiger partial charge in [-0.15, -0.1) is 0 Å². The lowest BCUT2D eigenvalue weighted by molar-refractivity contribution is -0.0498. The van der Waals surface area contributed by atoms with E-state index in [9.17, 15) is 17.2 Å². The van der Waals surface area contributed by atoms with E-state index in [0.29, 0.717) is 18.9 Å². The second-order valence-electron chi connectivity index (χ2n) is 5.72. The Morgan fingerprint density at radius 3 is 2.69 bits per heavy atom. The highest BCUT2D eigenvalue weighted by atomic mass is 35.5. The third-order valence-corrected chi connectivity index (χ3v) is 5.34. The van der Waals surface area contributed by atoms with Gasteiger partial charge in [-0.3, -0.25) is 9.40 Å². The van der Waals surface area contributed by atoms with Gasteiger partial charge in [0, 0.05) is 18.5 Å². The van der Waals surface area contributed by atoms with Crippen molar-refractivity contribution in [3.63, 3.8) is 0 Å². The van der Waals surface area contributed by atoms with Crippen molar-refractivity contribution in [3.05, 3.63) is 65.9 Å². The lowest BCUT2D eigenvalue weighted by atomic mass is 10.3. The number of halogens is 3. The summed E-state index contributed by atoms with van der Waals surface area (Å²) in [6.45, 7) is -2.18. The zero-order valence-corrected chi connectivity index (χ0v) is 16.4. The maximum atomic E-state index is 12.6. The molecule has 0 saturated heterocycles. The lowest BCUT2D eigenvalue weighted by Gasteiger charge is -2.12. The van der Waals surface area contributed by atoms with Crippen molar-refractivity contribution in [2.24, 2.45) is 0 Å². The van der Waals surface area contributed by atoms with Crippen molar-refractivity contribution >= 4 is 27.3 Å². The first-order chi connectivity index (χ1) is 13.8. The molecule has 1 aromatic heterocycles. The van der Waals surface area contributed by atoms with Crippen molar-refractivity contribution in [2.45, 2.75) is 18.1 Å². The Hall–Kier alpha value is -2.85. The van der Waals surface area contributed by atoms with Crippen LogP contribution in [0.5, 0.6) is 11.5 Å². The number of nitrogens with one attached hydrogen (secondary N) is 1. The standard InChI is InChI=1S/C18H16ClF2N3O4S/c19-16-12-15(5-6-17(16)28-18(20)21)29(25,26)23-13-3-1-4-14(11-13)27-10-9-24-8-2-7-22-24/h1-8,11-12,18,23H,9-10H2. The molecule has 1 N–H and O–H groups in total. The fraction of sp³-hybridized carbons (Fsp3) is 0.167. The monoisotopic (exact) mass is 443 g/mol. The highest BCUT2D eigenvalue weighted by Gasteiger charge is 2.18. The van der Waals surface area contributed by atoms with Crippen LogP contribution in [-0.4, -0.2) is 31.4 Å². The number of ether oxygens (including phenoxy) is 2. The van der Waals surface area contributed by atoms with E-state index >= 15 is 0 Å². The van der Waals surface area contributed by atoms with E-state index in [1.807, 2.05) is 0 Å². The van der Waals surface area contributed by atoms with E-state index in [0.717, 1.165) is 18.2 Å². The maximum Gasteiger partial charge on any atom is 0.387 e. The minimum Gasteiger partial charge on any atom is -0.492 e. The molecule has 0 aliphatic heterocycles. The van der Waals surface area contributed by atoms with Crippen LogP contribution in [0.4, 0.5) is 14.5 Å². The van der Waals surface area contributed by atoms with E-state index in [1.54, 1.807) is 41.3 Å². The smallest absolute Gasteiger partial charge is 0.387 e. The van der Waals surface area contributed by atoms with Crippen LogP contribution in [0, 0.1) is 0 Å². The van der Waals surface area contributed by atoms with Crippen molar-refractivity contribution in [1.29, 1.82) is 0 Å². The van der Waals surface area contributed by atoms with Gasteiger partial charge in [0.1, 0.15) is 18.1 Å². The lowest BCUT2D eigenvalue weighted by Crippen LogP contribution is -2.13. The number of aromatic nitrogens is 2. The molecule has 0 atom stereocenters. The minimum atomic E-state index is -4.00. The molecular formula is C18H16ClF2N3O4S. The van der Waals surface area contributed by atoms with Crippen LogP contribution in [0.2, 0.25) is 5.02 Å². The minimum absolute atomic E-state index is 0.200. The van der Waals surface area contributed by atoms with E-state index in [-0.39, 0.29) is 21.4 Å². The summed E-state index contributed by atoms with van der Waals surface area (Å²) < 4.78 is 63.6. The maximum absolute atomic E-state index is 12.6. The summed E-state index contributed by atoms with van der Waals surface area (Å²) in [6, 6.07) is 11.4. The predicted octanol–water partition coefficient (Wildman–Crippen LogP) is 4.02. The molecule has 29 heavy (non-hydrogen) atoms. The van der Waals surface area contributed by atoms with Gasteiger partial charge in [0.2, 0.25) is 0 Å². The fourth-order valence-electron chi connectivity index (χ4n) is 2.39.